The lowest BCUT2D eigenvalue weighted by molar-refractivity contribution is -0.133. The van der Waals surface area contributed by atoms with Crippen LogP contribution in [0.1, 0.15) is 33.3 Å². The van der Waals surface area contributed by atoms with Gasteiger partial charge in [0.1, 0.15) is 5.82 Å². The van der Waals surface area contributed by atoms with Gasteiger partial charge in [-0.3, -0.25) is 0 Å². The summed E-state index contributed by atoms with van der Waals surface area (Å²) in [6.45, 7) is 10.5. The minimum absolute atomic E-state index is 0.185. The molecule has 20 heavy (non-hydrogen) atoms. The molecule has 1 fully saturated rings. The molecule has 0 atom stereocenters. The molecule has 0 spiro atoms. The predicted octanol–water partition coefficient (Wildman–Crippen LogP) is 2.94. The fraction of sp³-hybridized carbons (Fsp3) is 0.625. The highest BCUT2D eigenvalue weighted by Crippen LogP contribution is 2.32. The molecule has 0 aromatic heterocycles. The molecule has 0 aliphatic carbocycles. The molecule has 1 saturated heterocycles. The fourth-order valence-corrected chi connectivity index (χ4v) is 3.09. The zero-order valence-electron chi connectivity index (χ0n) is 13.1. The molecule has 0 amide bonds. The van der Waals surface area contributed by atoms with Crippen LogP contribution in [0.5, 0.6) is 0 Å². The van der Waals surface area contributed by atoms with Crippen molar-refractivity contribution in [2.45, 2.75) is 45.4 Å². The highest BCUT2D eigenvalue weighted by atomic mass is 19.1. The van der Waals surface area contributed by atoms with Gasteiger partial charge >= 0.3 is 0 Å². The molecule has 112 valence electrons. The maximum absolute atomic E-state index is 13.8. The average molecular weight is 280 g/mol. The highest BCUT2D eigenvalue weighted by Gasteiger charge is 2.38. The molecule has 4 heteroatoms. The summed E-state index contributed by atoms with van der Waals surface area (Å²) >= 11 is 0. The first-order valence-electron chi connectivity index (χ1n) is 7.10. The molecule has 0 bridgehead atoms. The zero-order chi connectivity index (χ0) is 15.0. The lowest BCUT2D eigenvalue weighted by Crippen LogP contribution is -2.57. The number of ether oxygens (including phenoxy) is 1. The Bertz CT molecular complexity index is 469. The third-order valence-corrected chi connectivity index (χ3v) is 3.38. The first-order valence-corrected chi connectivity index (χ1v) is 7.10. The topological polar surface area (TPSA) is 24.5 Å². The number of benzene rings is 1. The summed E-state index contributed by atoms with van der Waals surface area (Å²) in [5.74, 6) is -0.185. The Morgan fingerprint density at radius 3 is 2.30 bits per heavy atom. The quantitative estimate of drug-likeness (QED) is 0.921. The second-order valence-electron chi connectivity index (χ2n) is 6.83. The monoisotopic (exact) mass is 280 g/mol. The molecule has 1 aliphatic rings. The summed E-state index contributed by atoms with van der Waals surface area (Å²) in [7, 11) is 1.87. The van der Waals surface area contributed by atoms with Gasteiger partial charge < -0.3 is 15.0 Å². The van der Waals surface area contributed by atoms with Crippen LogP contribution in [-0.2, 0) is 11.3 Å². The van der Waals surface area contributed by atoms with Gasteiger partial charge in [-0.25, -0.2) is 4.39 Å². The molecule has 1 heterocycles. The van der Waals surface area contributed by atoms with E-state index in [-0.39, 0.29) is 17.0 Å². The van der Waals surface area contributed by atoms with Crippen LogP contribution in [0.4, 0.5) is 10.1 Å². The molecule has 1 aliphatic heterocycles. The number of hydrogen-bond donors (Lipinski definition) is 1. The molecular weight excluding hydrogens is 255 g/mol. The van der Waals surface area contributed by atoms with Crippen molar-refractivity contribution >= 4 is 5.69 Å². The molecule has 0 unspecified atom stereocenters. The molecule has 2 rings (SSSR count). The standard InChI is InChI=1S/C16H25FN2O/c1-15(2)10-19(11-16(3,4)20-15)14-7-12(9-18-5)6-13(17)8-14/h6-8,18H,9-11H2,1-5H3. The van der Waals surface area contributed by atoms with Crippen molar-refractivity contribution in [1.82, 2.24) is 5.32 Å². The van der Waals surface area contributed by atoms with Crippen molar-refractivity contribution in [3.63, 3.8) is 0 Å². The minimum Gasteiger partial charge on any atom is -0.366 e. The van der Waals surface area contributed by atoms with Crippen LogP contribution in [0.2, 0.25) is 0 Å². The van der Waals surface area contributed by atoms with Crippen molar-refractivity contribution in [2.24, 2.45) is 0 Å². The van der Waals surface area contributed by atoms with Crippen LogP contribution in [0.15, 0.2) is 18.2 Å². The van der Waals surface area contributed by atoms with E-state index >= 15 is 0 Å². The number of nitrogens with zero attached hydrogens (tertiary/aromatic N) is 1. The Balaban J connectivity index is 2.30. The Morgan fingerprint density at radius 2 is 1.75 bits per heavy atom. The van der Waals surface area contributed by atoms with Gasteiger partial charge in [-0.1, -0.05) is 0 Å². The van der Waals surface area contributed by atoms with Crippen molar-refractivity contribution in [2.75, 3.05) is 25.0 Å². The Hall–Kier alpha value is -1.13. The number of halogens is 1. The Morgan fingerprint density at radius 1 is 1.15 bits per heavy atom. The van der Waals surface area contributed by atoms with E-state index in [0.717, 1.165) is 24.3 Å². The Labute approximate surface area is 121 Å². The van der Waals surface area contributed by atoms with Gasteiger partial charge in [0, 0.05) is 25.3 Å². The molecule has 1 aromatic carbocycles. The van der Waals surface area contributed by atoms with E-state index in [1.165, 1.54) is 0 Å². The van der Waals surface area contributed by atoms with Crippen LogP contribution < -0.4 is 10.2 Å². The van der Waals surface area contributed by atoms with E-state index in [4.69, 9.17) is 4.74 Å². The van der Waals surface area contributed by atoms with E-state index in [1.54, 1.807) is 12.1 Å². The lowest BCUT2D eigenvalue weighted by atomic mass is 9.98. The normalized spacial score (nSPS) is 21.0. The van der Waals surface area contributed by atoms with Crippen LogP contribution >= 0.6 is 0 Å². The second kappa shape index (κ2) is 5.34. The van der Waals surface area contributed by atoms with Crippen LogP contribution in [0.3, 0.4) is 0 Å². The summed E-state index contributed by atoms with van der Waals surface area (Å²) in [5, 5.41) is 3.06. The van der Waals surface area contributed by atoms with Gasteiger partial charge in [0.2, 0.25) is 0 Å². The van der Waals surface area contributed by atoms with Gasteiger partial charge in [0.25, 0.3) is 0 Å². The Kier molecular flexibility index (Phi) is 4.07. The first kappa shape index (κ1) is 15.3. The van der Waals surface area contributed by atoms with Gasteiger partial charge in [-0.15, -0.1) is 0 Å². The zero-order valence-corrected chi connectivity index (χ0v) is 13.1. The molecular formula is C16H25FN2O. The predicted molar refractivity (Wildman–Crippen MR) is 80.6 cm³/mol. The van der Waals surface area contributed by atoms with E-state index in [9.17, 15) is 4.39 Å². The summed E-state index contributed by atoms with van der Waals surface area (Å²) in [6.07, 6.45) is 0. The largest absolute Gasteiger partial charge is 0.366 e. The van der Waals surface area contributed by atoms with E-state index < -0.39 is 0 Å². The third-order valence-electron chi connectivity index (χ3n) is 3.38. The number of morpholine rings is 1. The minimum atomic E-state index is -0.239. The number of hydrogen-bond acceptors (Lipinski definition) is 3. The molecule has 3 nitrogen and oxygen atoms in total. The molecule has 1 aromatic rings. The van der Waals surface area contributed by atoms with Crippen molar-refractivity contribution in [3.05, 3.63) is 29.6 Å². The van der Waals surface area contributed by atoms with Gasteiger partial charge in [-0.05, 0) is 58.5 Å². The van der Waals surface area contributed by atoms with Crippen molar-refractivity contribution in [3.8, 4) is 0 Å². The van der Waals surface area contributed by atoms with E-state index in [1.807, 2.05) is 7.05 Å². The smallest absolute Gasteiger partial charge is 0.125 e. The van der Waals surface area contributed by atoms with Gasteiger partial charge in [0.05, 0.1) is 11.2 Å². The fourth-order valence-electron chi connectivity index (χ4n) is 3.09. The number of nitrogens with one attached hydrogen (secondary N) is 1. The molecule has 1 N–H and O–H groups in total. The summed E-state index contributed by atoms with van der Waals surface area (Å²) in [4.78, 5) is 2.21. The highest BCUT2D eigenvalue weighted by molar-refractivity contribution is 5.50. The second-order valence-corrected chi connectivity index (χ2v) is 6.83. The van der Waals surface area contributed by atoms with Crippen molar-refractivity contribution in [1.29, 1.82) is 0 Å². The lowest BCUT2D eigenvalue weighted by Gasteiger charge is -2.48. The van der Waals surface area contributed by atoms with Crippen LogP contribution in [0.25, 0.3) is 0 Å². The average Bonchev–Trinajstić information content (AvgIpc) is 2.24. The molecule has 0 radical (unpaired) electrons. The first-order chi connectivity index (χ1) is 9.21. The number of anilines is 1. The maximum atomic E-state index is 13.8. The van der Waals surface area contributed by atoms with Gasteiger partial charge in [0.15, 0.2) is 0 Å². The summed E-state index contributed by atoms with van der Waals surface area (Å²) in [5.41, 5.74) is 1.42. The maximum Gasteiger partial charge on any atom is 0.125 e. The third kappa shape index (κ3) is 3.70. The van der Waals surface area contributed by atoms with E-state index in [0.29, 0.717) is 6.54 Å². The van der Waals surface area contributed by atoms with Gasteiger partial charge in [-0.2, -0.15) is 0 Å². The summed E-state index contributed by atoms with van der Waals surface area (Å²) in [6, 6.07) is 5.24. The SMILES string of the molecule is CNCc1cc(F)cc(N2CC(C)(C)OC(C)(C)C2)c1. The summed E-state index contributed by atoms with van der Waals surface area (Å²) < 4.78 is 19.9. The van der Waals surface area contributed by atoms with Crippen LogP contribution in [0, 0.1) is 5.82 Å². The number of rotatable bonds is 3. The van der Waals surface area contributed by atoms with Crippen LogP contribution in [-0.4, -0.2) is 31.3 Å². The molecule has 0 saturated carbocycles. The van der Waals surface area contributed by atoms with E-state index in [2.05, 4.69) is 44.0 Å². The van der Waals surface area contributed by atoms with Crippen molar-refractivity contribution < 1.29 is 9.13 Å².